The van der Waals surface area contributed by atoms with E-state index in [1.165, 1.54) is 199 Å². The van der Waals surface area contributed by atoms with E-state index in [9.17, 15) is 5.11 Å². The van der Waals surface area contributed by atoms with Crippen molar-refractivity contribution in [3.63, 3.8) is 0 Å². The Kier molecular flexibility index (Phi) is 34.9. The van der Waals surface area contributed by atoms with Crippen LogP contribution in [0.5, 0.6) is 0 Å². The maximum atomic E-state index is 10.2. The van der Waals surface area contributed by atoms with E-state index in [0.717, 1.165) is 13.0 Å². The average Bonchev–Trinajstić information content (AvgIpc) is 2.92. The Morgan fingerprint density at radius 1 is 0.342 bits per heavy atom. The number of unbranched alkanes of at least 4 members (excludes halogenated alkanes) is 29. The number of nitrogens with one attached hydrogen (secondary N) is 1. The summed E-state index contributed by atoms with van der Waals surface area (Å²) in [6.45, 7) is 5.57. The number of hydrogen-bond acceptors (Lipinski definition) is 2. The first-order valence-corrected chi connectivity index (χ1v) is 18.2. The Morgan fingerprint density at radius 2 is 0.579 bits per heavy atom. The SMILES string of the molecule is CCCCCCCCCCCCCCCCCCCCCC(O)NCCCCCCCCCCCCCC. The van der Waals surface area contributed by atoms with Gasteiger partial charge in [-0.2, -0.15) is 0 Å². The van der Waals surface area contributed by atoms with E-state index in [-0.39, 0.29) is 6.23 Å². The fourth-order valence-corrected chi connectivity index (χ4v) is 5.75. The molecule has 0 aliphatic heterocycles. The third-order valence-corrected chi connectivity index (χ3v) is 8.49. The van der Waals surface area contributed by atoms with Gasteiger partial charge >= 0.3 is 0 Å². The minimum atomic E-state index is -0.284. The molecule has 0 aromatic heterocycles. The van der Waals surface area contributed by atoms with Crippen LogP contribution in [0.25, 0.3) is 0 Å². The lowest BCUT2D eigenvalue weighted by Crippen LogP contribution is -2.29. The molecule has 1 atom stereocenters. The quantitative estimate of drug-likeness (QED) is 0.0631. The van der Waals surface area contributed by atoms with Crippen LogP contribution in [0.15, 0.2) is 0 Å². The zero-order valence-electron chi connectivity index (χ0n) is 26.9. The first-order valence-electron chi connectivity index (χ1n) is 18.2. The van der Waals surface area contributed by atoms with Gasteiger partial charge in [0.1, 0.15) is 6.23 Å². The molecule has 0 amide bonds. The van der Waals surface area contributed by atoms with Crippen LogP contribution in [-0.4, -0.2) is 17.9 Å². The minimum Gasteiger partial charge on any atom is -0.379 e. The van der Waals surface area contributed by atoms with Crippen LogP contribution < -0.4 is 5.32 Å². The average molecular weight is 538 g/mol. The second-order valence-electron chi connectivity index (χ2n) is 12.5. The summed E-state index contributed by atoms with van der Waals surface area (Å²) in [5, 5.41) is 13.5. The Bertz CT molecular complexity index is 399. The molecule has 0 heterocycles. The highest BCUT2D eigenvalue weighted by Gasteiger charge is 2.02. The van der Waals surface area contributed by atoms with Crippen molar-refractivity contribution in [2.75, 3.05) is 6.54 Å². The van der Waals surface area contributed by atoms with Gasteiger partial charge in [-0.15, -0.1) is 0 Å². The molecule has 0 spiro atoms. The summed E-state index contributed by atoms with van der Waals surface area (Å²) in [4.78, 5) is 0. The summed E-state index contributed by atoms with van der Waals surface area (Å²) in [5.74, 6) is 0. The Balaban J connectivity index is 3.13. The van der Waals surface area contributed by atoms with Crippen molar-refractivity contribution in [2.45, 2.75) is 226 Å². The van der Waals surface area contributed by atoms with Crippen molar-refractivity contribution in [3.05, 3.63) is 0 Å². The minimum absolute atomic E-state index is 0.284. The zero-order chi connectivity index (χ0) is 27.6. The lowest BCUT2D eigenvalue weighted by Gasteiger charge is -2.12. The molecule has 2 nitrogen and oxygen atoms in total. The summed E-state index contributed by atoms with van der Waals surface area (Å²) in [6, 6.07) is 0. The van der Waals surface area contributed by atoms with E-state index in [2.05, 4.69) is 19.2 Å². The number of rotatable bonds is 34. The molecule has 0 bridgehead atoms. The molecule has 0 saturated heterocycles. The van der Waals surface area contributed by atoms with Crippen LogP contribution in [0.3, 0.4) is 0 Å². The van der Waals surface area contributed by atoms with E-state index in [0.29, 0.717) is 0 Å². The van der Waals surface area contributed by atoms with Gasteiger partial charge in [-0.25, -0.2) is 0 Å². The molecule has 2 N–H and O–H groups in total. The van der Waals surface area contributed by atoms with Crippen molar-refractivity contribution in [3.8, 4) is 0 Å². The fourth-order valence-electron chi connectivity index (χ4n) is 5.75. The molecule has 1 unspecified atom stereocenters. The molecule has 0 aliphatic carbocycles. The summed E-state index contributed by atoms with van der Waals surface area (Å²) in [7, 11) is 0. The normalized spacial score (nSPS) is 12.4. The number of hydrogen-bond donors (Lipinski definition) is 2. The maximum absolute atomic E-state index is 10.2. The van der Waals surface area contributed by atoms with Crippen molar-refractivity contribution < 1.29 is 5.11 Å². The number of aliphatic hydroxyl groups is 1. The standard InChI is InChI=1S/C36H75NO/c1-3-5-7-9-11-13-15-17-18-19-20-21-22-23-24-26-28-30-32-34-36(38)37-35-33-31-29-27-25-16-14-12-10-8-6-4-2/h36-38H,3-35H2,1-2H3. The third kappa shape index (κ3) is 33.9. The fraction of sp³-hybridized carbons (Fsp3) is 1.00. The monoisotopic (exact) mass is 538 g/mol. The highest BCUT2D eigenvalue weighted by Crippen LogP contribution is 2.15. The summed E-state index contributed by atoms with van der Waals surface area (Å²) in [5.41, 5.74) is 0. The van der Waals surface area contributed by atoms with Gasteiger partial charge in [-0.3, -0.25) is 5.32 Å². The second-order valence-corrected chi connectivity index (χ2v) is 12.5. The van der Waals surface area contributed by atoms with Crippen LogP contribution in [0.2, 0.25) is 0 Å². The van der Waals surface area contributed by atoms with E-state index < -0.39 is 0 Å². The van der Waals surface area contributed by atoms with Gasteiger partial charge in [0, 0.05) is 0 Å². The molecular weight excluding hydrogens is 462 g/mol. The van der Waals surface area contributed by atoms with Crippen LogP contribution in [0, 0.1) is 0 Å². The molecule has 0 fully saturated rings. The molecule has 230 valence electrons. The highest BCUT2D eigenvalue weighted by molar-refractivity contribution is 4.57. The first-order chi connectivity index (χ1) is 18.8. The van der Waals surface area contributed by atoms with Gasteiger partial charge in [0.05, 0.1) is 0 Å². The van der Waals surface area contributed by atoms with E-state index in [1.807, 2.05) is 0 Å². The summed E-state index contributed by atoms with van der Waals surface area (Å²) >= 11 is 0. The molecule has 0 aromatic rings. The lowest BCUT2D eigenvalue weighted by atomic mass is 10.0. The first kappa shape index (κ1) is 37.9. The largest absolute Gasteiger partial charge is 0.379 e. The van der Waals surface area contributed by atoms with E-state index >= 15 is 0 Å². The van der Waals surface area contributed by atoms with Gasteiger partial charge in [-0.1, -0.05) is 200 Å². The molecule has 0 radical (unpaired) electrons. The van der Waals surface area contributed by atoms with Crippen LogP contribution in [-0.2, 0) is 0 Å². The number of aliphatic hydroxyl groups excluding tert-OH is 1. The molecule has 0 saturated carbocycles. The van der Waals surface area contributed by atoms with Gasteiger partial charge in [0.2, 0.25) is 0 Å². The van der Waals surface area contributed by atoms with Crippen molar-refractivity contribution in [1.29, 1.82) is 0 Å². The van der Waals surface area contributed by atoms with E-state index in [4.69, 9.17) is 0 Å². The molecule has 2 heteroatoms. The summed E-state index contributed by atoms with van der Waals surface area (Å²) < 4.78 is 0. The molecule has 0 rings (SSSR count). The zero-order valence-corrected chi connectivity index (χ0v) is 26.9. The van der Waals surface area contributed by atoms with Crippen LogP contribution >= 0.6 is 0 Å². The van der Waals surface area contributed by atoms with Crippen molar-refractivity contribution >= 4 is 0 Å². The predicted molar refractivity (Wildman–Crippen MR) is 173 cm³/mol. The van der Waals surface area contributed by atoms with Gasteiger partial charge in [0.25, 0.3) is 0 Å². The van der Waals surface area contributed by atoms with Gasteiger partial charge < -0.3 is 5.11 Å². The third-order valence-electron chi connectivity index (χ3n) is 8.49. The molecular formula is C36H75NO. The van der Waals surface area contributed by atoms with Gasteiger partial charge in [-0.05, 0) is 25.8 Å². The van der Waals surface area contributed by atoms with Crippen LogP contribution in [0.4, 0.5) is 0 Å². The predicted octanol–water partition coefficient (Wildman–Crippen LogP) is 12.4. The highest BCUT2D eigenvalue weighted by atomic mass is 16.3. The van der Waals surface area contributed by atoms with Crippen molar-refractivity contribution in [1.82, 2.24) is 5.32 Å². The van der Waals surface area contributed by atoms with Crippen molar-refractivity contribution in [2.24, 2.45) is 0 Å². The molecule has 38 heavy (non-hydrogen) atoms. The second kappa shape index (κ2) is 34.9. The van der Waals surface area contributed by atoms with Crippen LogP contribution in [0.1, 0.15) is 219 Å². The topological polar surface area (TPSA) is 32.3 Å². The summed E-state index contributed by atoms with van der Waals surface area (Å²) in [6.07, 6.45) is 44.3. The van der Waals surface area contributed by atoms with Gasteiger partial charge in [0.15, 0.2) is 0 Å². The molecule has 0 aliphatic rings. The van der Waals surface area contributed by atoms with E-state index in [1.54, 1.807) is 0 Å². The Hall–Kier alpha value is -0.0800. The lowest BCUT2D eigenvalue weighted by molar-refractivity contribution is 0.124. The molecule has 0 aromatic carbocycles. The Morgan fingerprint density at radius 3 is 0.868 bits per heavy atom. The maximum Gasteiger partial charge on any atom is 0.104 e. The Labute approximate surface area is 242 Å². The smallest absolute Gasteiger partial charge is 0.104 e.